The summed E-state index contributed by atoms with van der Waals surface area (Å²) in [7, 11) is 7.05. The molecule has 0 radical (unpaired) electrons. The lowest BCUT2D eigenvalue weighted by Crippen LogP contribution is -2.32. The second-order valence-electron chi connectivity index (χ2n) is 9.52. The zero-order valence-corrected chi connectivity index (χ0v) is 23.3. The Bertz CT molecular complexity index is 1630. The van der Waals surface area contributed by atoms with Gasteiger partial charge in [-0.15, -0.1) is 0 Å². The van der Waals surface area contributed by atoms with Gasteiger partial charge in [-0.05, 0) is 60.2 Å². The number of carbonyl (C=O) groups excluding carboxylic acids is 2. The van der Waals surface area contributed by atoms with E-state index in [2.05, 4.69) is 5.32 Å². The minimum atomic E-state index is -0.324. The van der Waals surface area contributed by atoms with Crippen LogP contribution in [0, 0.1) is 0 Å². The summed E-state index contributed by atoms with van der Waals surface area (Å²) in [5.41, 5.74) is 4.57. The largest absolute Gasteiger partial charge is 0.497 e. The Labute approximate surface area is 239 Å². The summed E-state index contributed by atoms with van der Waals surface area (Å²) in [6.07, 6.45) is 1.79. The van der Waals surface area contributed by atoms with Crippen molar-refractivity contribution in [2.75, 3.05) is 43.4 Å². The molecule has 206 valence electrons. The molecule has 0 unspecified atom stereocenters. The first-order chi connectivity index (χ1) is 19.9. The van der Waals surface area contributed by atoms with E-state index >= 15 is 0 Å². The van der Waals surface area contributed by atoms with Gasteiger partial charge in [-0.2, -0.15) is 0 Å². The monoisotopic (exact) mass is 546 g/mol. The van der Waals surface area contributed by atoms with Gasteiger partial charge >= 0.3 is 0 Å². The number of hydrogen-bond donors (Lipinski definition) is 1. The smallest absolute Gasteiger partial charge is 0.282 e. The standard InChI is InChI=1S/C33H30N4O4/c1-36(2)25-14-10-22(11-15-25)20-29-33(39)37(31(34-29)23-8-6-5-7-9-23)26-16-12-24(13-17-26)32(38)35-28-21-27(40-3)18-19-30(28)41-4/h5-21H,1-4H3,(H,35,38)/b29-20-. The molecule has 8 nitrogen and oxygen atoms in total. The number of ether oxygens (including phenoxy) is 2. The lowest BCUT2D eigenvalue weighted by Gasteiger charge is -2.19. The van der Waals surface area contributed by atoms with Crippen molar-refractivity contribution in [1.29, 1.82) is 0 Å². The van der Waals surface area contributed by atoms with Crippen LogP contribution < -0.4 is 24.6 Å². The van der Waals surface area contributed by atoms with Gasteiger partial charge in [0.1, 0.15) is 23.0 Å². The Morgan fingerprint density at radius 1 is 0.878 bits per heavy atom. The number of amidine groups is 1. The third-order valence-electron chi connectivity index (χ3n) is 6.65. The van der Waals surface area contributed by atoms with Crippen LogP contribution in [-0.4, -0.2) is 46.0 Å². The second kappa shape index (κ2) is 11.8. The number of anilines is 3. The zero-order chi connectivity index (χ0) is 28.9. The number of hydrogen-bond acceptors (Lipinski definition) is 6. The van der Waals surface area contributed by atoms with Gasteiger partial charge in [-0.25, -0.2) is 4.99 Å². The van der Waals surface area contributed by atoms with Crippen LogP contribution in [0.1, 0.15) is 21.5 Å². The van der Waals surface area contributed by atoms with Crippen LogP contribution in [0.15, 0.2) is 108 Å². The van der Waals surface area contributed by atoms with Gasteiger partial charge in [0.15, 0.2) is 0 Å². The molecule has 0 saturated carbocycles. The summed E-state index contributed by atoms with van der Waals surface area (Å²) in [6, 6.07) is 29.5. The molecule has 0 bridgehead atoms. The first-order valence-electron chi connectivity index (χ1n) is 13.0. The van der Waals surface area contributed by atoms with Gasteiger partial charge < -0.3 is 19.7 Å². The third-order valence-corrected chi connectivity index (χ3v) is 6.65. The number of nitrogens with one attached hydrogen (secondary N) is 1. The van der Waals surface area contributed by atoms with E-state index in [1.54, 1.807) is 60.6 Å². The van der Waals surface area contributed by atoms with E-state index in [0.717, 1.165) is 16.8 Å². The van der Waals surface area contributed by atoms with Crippen molar-refractivity contribution in [2.24, 2.45) is 4.99 Å². The van der Waals surface area contributed by atoms with E-state index in [9.17, 15) is 9.59 Å². The number of nitrogens with zero attached hydrogens (tertiary/aromatic N) is 3. The van der Waals surface area contributed by atoms with E-state index in [1.165, 1.54) is 7.11 Å². The van der Waals surface area contributed by atoms with E-state index in [0.29, 0.717) is 40.0 Å². The molecule has 2 amide bonds. The van der Waals surface area contributed by atoms with Crippen LogP contribution in [0.4, 0.5) is 17.1 Å². The molecule has 0 aliphatic carbocycles. The predicted molar refractivity (Wildman–Crippen MR) is 163 cm³/mol. The average molecular weight is 547 g/mol. The Morgan fingerprint density at radius 3 is 2.22 bits per heavy atom. The number of aliphatic imine (C=N–C) groups is 1. The van der Waals surface area contributed by atoms with Crippen LogP contribution >= 0.6 is 0 Å². The minimum Gasteiger partial charge on any atom is -0.497 e. The SMILES string of the molecule is COc1ccc(OC)c(NC(=O)c2ccc(N3C(=O)/C(=C/c4ccc(N(C)C)cc4)N=C3c3ccccc3)cc2)c1. The van der Waals surface area contributed by atoms with Gasteiger partial charge in [-0.1, -0.05) is 42.5 Å². The van der Waals surface area contributed by atoms with Crippen LogP contribution in [-0.2, 0) is 4.79 Å². The van der Waals surface area contributed by atoms with Crippen LogP contribution in [0.25, 0.3) is 6.08 Å². The zero-order valence-electron chi connectivity index (χ0n) is 23.3. The number of carbonyl (C=O) groups is 2. The molecule has 4 aromatic rings. The molecule has 1 aliphatic rings. The van der Waals surface area contributed by atoms with Gasteiger partial charge in [0.05, 0.1) is 25.6 Å². The van der Waals surface area contributed by atoms with Crippen LogP contribution in [0.3, 0.4) is 0 Å². The van der Waals surface area contributed by atoms with Crippen molar-refractivity contribution in [3.63, 3.8) is 0 Å². The van der Waals surface area contributed by atoms with Crippen LogP contribution in [0.5, 0.6) is 11.5 Å². The molecule has 0 saturated heterocycles. The van der Waals surface area contributed by atoms with Crippen molar-refractivity contribution < 1.29 is 19.1 Å². The Balaban J connectivity index is 1.43. The van der Waals surface area contributed by atoms with Crippen molar-refractivity contribution in [1.82, 2.24) is 0 Å². The molecule has 41 heavy (non-hydrogen) atoms. The van der Waals surface area contributed by atoms with Gasteiger partial charge in [0.2, 0.25) is 0 Å². The quantitative estimate of drug-likeness (QED) is 0.280. The first kappa shape index (κ1) is 27.2. The van der Waals surface area contributed by atoms with Crippen molar-refractivity contribution >= 4 is 40.8 Å². The molecule has 0 spiro atoms. The molecule has 5 rings (SSSR count). The molecule has 1 N–H and O–H groups in total. The van der Waals surface area contributed by atoms with Crippen molar-refractivity contribution in [3.8, 4) is 11.5 Å². The van der Waals surface area contributed by atoms with Crippen molar-refractivity contribution in [3.05, 3.63) is 119 Å². The number of benzene rings is 4. The topological polar surface area (TPSA) is 83.5 Å². The molecular weight excluding hydrogens is 516 g/mol. The lowest BCUT2D eigenvalue weighted by molar-refractivity contribution is -0.113. The molecule has 0 fully saturated rings. The lowest BCUT2D eigenvalue weighted by atomic mass is 10.1. The molecular formula is C33H30N4O4. The second-order valence-corrected chi connectivity index (χ2v) is 9.52. The van der Waals surface area contributed by atoms with Crippen LogP contribution in [0.2, 0.25) is 0 Å². The predicted octanol–water partition coefficient (Wildman–Crippen LogP) is 5.86. The fourth-order valence-electron chi connectivity index (χ4n) is 4.43. The highest BCUT2D eigenvalue weighted by Gasteiger charge is 2.32. The summed E-state index contributed by atoms with van der Waals surface area (Å²) in [5, 5.41) is 2.87. The Morgan fingerprint density at radius 2 is 1.59 bits per heavy atom. The average Bonchev–Trinajstić information content (AvgIpc) is 3.33. The molecule has 1 aliphatic heterocycles. The fourth-order valence-corrected chi connectivity index (χ4v) is 4.43. The molecule has 1 heterocycles. The number of methoxy groups -OCH3 is 2. The molecule has 4 aromatic carbocycles. The van der Waals surface area contributed by atoms with Gasteiger partial charge in [-0.3, -0.25) is 14.5 Å². The number of amides is 2. The molecule has 8 heteroatoms. The first-order valence-corrected chi connectivity index (χ1v) is 13.0. The summed E-state index contributed by atoms with van der Waals surface area (Å²) in [5.74, 6) is 1.05. The summed E-state index contributed by atoms with van der Waals surface area (Å²) >= 11 is 0. The van der Waals surface area contributed by atoms with Gasteiger partial charge in [0.25, 0.3) is 11.8 Å². The maximum atomic E-state index is 13.7. The van der Waals surface area contributed by atoms with E-state index < -0.39 is 0 Å². The highest BCUT2D eigenvalue weighted by atomic mass is 16.5. The normalized spacial score (nSPS) is 13.7. The minimum absolute atomic E-state index is 0.251. The summed E-state index contributed by atoms with van der Waals surface area (Å²) < 4.78 is 10.6. The molecule has 0 aromatic heterocycles. The fraction of sp³-hybridized carbons (Fsp3) is 0.121. The van der Waals surface area contributed by atoms with Gasteiger partial charge in [0, 0.05) is 37.0 Å². The maximum Gasteiger partial charge on any atom is 0.282 e. The Kier molecular flexibility index (Phi) is 7.83. The highest BCUT2D eigenvalue weighted by molar-refractivity contribution is 6.33. The van der Waals surface area contributed by atoms with E-state index in [1.807, 2.05) is 73.6 Å². The maximum absolute atomic E-state index is 13.7. The Hall–Kier alpha value is -5.37. The third kappa shape index (κ3) is 5.81. The summed E-state index contributed by atoms with van der Waals surface area (Å²) in [6.45, 7) is 0. The number of rotatable bonds is 8. The highest BCUT2D eigenvalue weighted by Crippen LogP contribution is 2.31. The van der Waals surface area contributed by atoms with Crippen molar-refractivity contribution in [2.45, 2.75) is 0 Å². The summed E-state index contributed by atoms with van der Waals surface area (Å²) in [4.78, 5) is 35.1. The van der Waals surface area contributed by atoms with E-state index in [4.69, 9.17) is 14.5 Å². The molecule has 0 atom stereocenters. The van der Waals surface area contributed by atoms with E-state index in [-0.39, 0.29) is 11.8 Å².